The van der Waals surface area contributed by atoms with Crippen LogP contribution in [0.1, 0.15) is 5.69 Å². The summed E-state index contributed by atoms with van der Waals surface area (Å²) < 4.78 is 1.91. The molecule has 134 valence electrons. The Hall–Kier alpha value is -3.79. The first-order chi connectivity index (χ1) is 13.8. The lowest BCUT2D eigenvalue weighted by Gasteiger charge is -2.13. The second kappa shape index (κ2) is 6.74. The highest BCUT2D eigenvalue weighted by Gasteiger charge is 2.18. The van der Waals surface area contributed by atoms with Crippen LogP contribution in [0.3, 0.4) is 0 Å². The molecular formula is C24H18N4. The van der Waals surface area contributed by atoms with Crippen LogP contribution < -0.4 is 0 Å². The molecule has 0 aliphatic rings. The van der Waals surface area contributed by atoms with Gasteiger partial charge in [-0.3, -0.25) is 0 Å². The van der Waals surface area contributed by atoms with Crippen molar-refractivity contribution in [3.8, 4) is 28.3 Å². The largest absolute Gasteiger partial charge is 0.242 e. The normalized spacial score (nSPS) is 11.0. The molecule has 5 rings (SSSR count). The van der Waals surface area contributed by atoms with Crippen molar-refractivity contribution in [2.45, 2.75) is 6.92 Å². The van der Waals surface area contributed by atoms with Crippen molar-refractivity contribution in [2.75, 3.05) is 0 Å². The molecule has 28 heavy (non-hydrogen) atoms. The Labute approximate surface area is 163 Å². The average molecular weight is 362 g/mol. The SMILES string of the molecule is Cc1cc(-c2ccccc2)n(-c2nc3ccccc3nc2-c2ccccc2)n1. The zero-order valence-corrected chi connectivity index (χ0v) is 15.4. The van der Waals surface area contributed by atoms with E-state index in [0.29, 0.717) is 0 Å². The van der Waals surface area contributed by atoms with E-state index < -0.39 is 0 Å². The van der Waals surface area contributed by atoms with Crippen LogP contribution in [0.5, 0.6) is 0 Å². The third kappa shape index (κ3) is 2.85. The molecule has 0 aliphatic carbocycles. The Kier molecular flexibility index (Phi) is 3.95. The van der Waals surface area contributed by atoms with E-state index in [1.54, 1.807) is 0 Å². The van der Waals surface area contributed by atoms with Crippen LogP contribution in [0.2, 0.25) is 0 Å². The third-order valence-electron chi connectivity index (χ3n) is 4.70. The van der Waals surface area contributed by atoms with Crippen molar-refractivity contribution >= 4 is 11.0 Å². The molecule has 0 N–H and O–H groups in total. The fraction of sp³-hybridized carbons (Fsp3) is 0.0417. The summed E-state index contributed by atoms with van der Waals surface area (Å²) in [7, 11) is 0. The molecule has 0 saturated heterocycles. The van der Waals surface area contributed by atoms with Crippen molar-refractivity contribution in [1.29, 1.82) is 0 Å². The fourth-order valence-electron chi connectivity index (χ4n) is 3.40. The van der Waals surface area contributed by atoms with Crippen molar-refractivity contribution in [1.82, 2.24) is 19.7 Å². The fourth-order valence-corrected chi connectivity index (χ4v) is 3.40. The Bertz CT molecular complexity index is 1260. The Morgan fingerprint density at radius 1 is 0.643 bits per heavy atom. The number of fused-ring (bicyclic) bond motifs is 1. The molecule has 0 radical (unpaired) electrons. The molecular weight excluding hydrogens is 344 g/mol. The van der Waals surface area contributed by atoms with E-state index in [2.05, 4.69) is 30.3 Å². The van der Waals surface area contributed by atoms with E-state index in [1.807, 2.05) is 72.3 Å². The highest BCUT2D eigenvalue weighted by Crippen LogP contribution is 2.30. The van der Waals surface area contributed by atoms with Gasteiger partial charge in [0, 0.05) is 11.1 Å². The van der Waals surface area contributed by atoms with Crippen LogP contribution >= 0.6 is 0 Å². The lowest BCUT2D eigenvalue weighted by Crippen LogP contribution is -2.06. The predicted molar refractivity (Wildman–Crippen MR) is 112 cm³/mol. The molecule has 3 aromatic carbocycles. The van der Waals surface area contributed by atoms with Gasteiger partial charge in [-0.2, -0.15) is 5.10 Å². The van der Waals surface area contributed by atoms with Crippen molar-refractivity contribution < 1.29 is 0 Å². The van der Waals surface area contributed by atoms with E-state index in [-0.39, 0.29) is 0 Å². The molecule has 0 spiro atoms. The van der Waals surface area contributed by atoms with Gasteiger partial charge in [-0.15, -0.1) is 0 Å². The summed E-state index contributed by atoms with van der Waals surface area (Å²) in [4.78, 5) is 9.90. The van der Waals surface area contributed by atoms with E-state index >= 15 is 0 Å². The van der Waals surface area contributed by atoms with Gasteiger partial charge in [0.05, 0.1) is 22.4 Å². The summed E-state index contributed by atoms with van der Waals surface area (Å²) in [6.07, 6.45) is 0. The molecule has 0 unspecified atom stereocenters. The summed E-state index contributed by atoms with van der Waals surface area (Å²) in [6, 6.07) is 30.4. The van der Waals surface area contributed by atoms with Crippen LogP contribution in [0.15, 0.2) is 91.0 Å². The summed E-state index contributed by atoms with van der Waals surface area (Å²) in [6.45, 7) is 2.00. The second-order valence-electron chi connectivity index (χ2n) is 6.70. The number of para-hydroxylation sites is 2. The predicted octanol–water partition coefficient (Wildman–Crippen LogP) is 5.46. The summed E-state index contributed by atoms with van der Waals surface area (Å²) in [5, 5.41) is 4.76. The summed E-state index contributed by atoms with van der Waals surface area (Å²) in [5.74, 6) is 0.733. The highest BCUT2D eigenvalue weighted by atomic mass is 15.3. The number of nitrogens with zero attached hydrogens (tertiary/aromatic N) is 4. The van der Waals surface area contributed by atoms with Crippen LogP contribution in [-0.2, 0) is 0 Å². The maximum atomic E-state index is 4.96. The zero-order chi connectivity index (χ0) is 18.9. The van der Waals surface area contributed by atoms with Gasteiger partial charge in [0.15, 0.2) is 5.82 Å². The van der Waals surface area contributed by atoms with Crippen molar-refractivity contribution in [2.24, 2.45) is 0 Å². The van der Waals surface area contributed by atoms with Crippen LogP contribution in [0.25, 0.3) is 39.4 Å². The zero-order valence-electron chi connectivity index (χ0n) is 15.4. The van der Waals surface area contributed by atoms with Gasteiger partial charge in [0.1, 0.15) is 5.69 Å². The number of aryl methyl sites for hydroxylation is 1. The number of aromatic nitrogens is 4. The first-order valence-corrected chi connectivity index (χ1v) is 9.24. The molecule has 0 atom stereocenters. The summed E-state index contributed by atoms with van der Waals surface area (Å²) >= 11 is 0. The molecule has 0 fully saturated rings. The second-order valence-corrected chi connectivity index (χ2v) is 6.70. The minimum atomic E-state index is 0.733. The minimum Gasteiger partial charge on any atom is -0.242 e. The Morgan fingerprint density at radius 2 is 1.21 bits per heavy atom. The highest BCUT2D eigenvalue weighted by molar-refractivity contribution is 5.81. The number of rotatable bonds is 3. The molecule has 2 aromatic heterocycles. The first-order valence-electron chi connectivity index (χ1n) is 9.24. The van der Waals surface area contributed by atoms with Gasteiger partial charge in [-0.25, -0.2) is 14.6 Å². The number of benzene rings is 3. The minimum absolute atomic E-state index is 0.733. The molecule has 0 bridgehead atoms. The third-order valence-corrected chi connectivity index (χ3v) is 4.70. The number of hydrogen-bond acceptors (Lipinski definition) is 3. The van der Waals surface area contributed by atoms with E-state index in [0.717, 1.165) is 45.1 Å². The van der Waals surface area contributed by atoms with E-state index in [4.69, 9.17) is 15.1 Å². The van der Waals surface area contributed by atoms with Crippen LogP contribution in [0.4, 0.5) is 0 Å². The van der Waals surface area contributed by atoms with Crippen LogP contribution in [-0.4, -0.2) is 19.7 Å². The van der Waals surface area contributed by atoms with E-state index in [9.17, 15) is 0 Å². The molecule has 4 heteroatoms. The molecule has 0 aliphatic heterocycles. The molecule has 2 heterocycles. The lowest BCUT2D eigenvalue weighted by molar-refractivity contribution is 0.841. The molecule has 0 saturated carbocycles. The standard InChI is InChI=1S/C24H18N4/c1-17-16-22(18-10-4-2-5-11-18)28(27-17)24-23(19-12-6-3-7-13-19)25-20-14-8-9-15-21(20)26-24/h2-16H,1H3. The Balaban J connectivity index is 1.82. The molecule has 0 amide bonds. The Morgan fingerprint density at radius 3 is 1.89 bits per heavy atom. The van der Waals surface area contributed by atoms with Gasteiger partial charge in [-0.1, -0.05) is 72.8 Å². The van der Waals surface area contributed by atoms with Crippen molar-refractivity contribution in [3.63, 3.8) is 0 Å². The van der Waals surface area contributed by atoms with E-state index in [1.165, 1.54) is 0 Å². The van der Waals surface area contributed by atoms with Gasteiger partial charge < -0.3 is 0 Å². The van der Waals surface area contributed by atoms with Gasteiger partial charge in [-0.05, 0) is 25.1 Å². The summed E-state index contributed by atoms with van der Waals surface area (Å²) in [5.41, 5.74) is 6.59. The topological polar surface area (TPSA) is 43.6 Å². The first kappa shape index (κ1) is 16.4. The maximum absolute atomic E-state index is 4.96. The number of hydrogen-bond donors (Lipinski definition) is 0. The van der Waals surface area contributed by atoms with Gasteiger partial charge in [0.25, 0.3) is 0 Å². The maximum Gasteiger partial charge on any atom is 0.181 e. The monoisotopic (exact) mass is 362 g/mol. The van der Waals surface area contributed by atoms with Crippen LogP contribution in [0, 0.1) is 6.92 Å². The lowest BCUT2D eigenvalue weighted by atomic mass is 10.1. The average Bonchev–Trinajstić information content (AvgIpc) is 3.15. The van der Waals surface area contributed by atoms with Crippen molar-refractivity contribution in [3.05, 3.63) is 96.7 Å². The molecule has 5 aromatic rings. The van der Waals surface area contributed by atoms with Gasteiger partial charge >= 0.3 is 0 Å². The molecule has 4 nitrogen and oxygen atoms in total. The smallest absolute Gasteiger partial charge is 0.181 e. The quantitative estimate of drug-likeness (QED) is 0.428. The van der Waals surface area contributed by atoms with Gasteiger partial charge in [0.2, 0.25) is 0 Å².